The minimum Gasteiger partial charge on any atom is -0.476 e. The molecule has 0 saturated carbocycles. The van der Waals surface area contributed by atoms with E-state index in [1.165, 1.54) is 12.1 Å². The molecule has 132 valence electrons. The van der Waals surface area contributed by atoms with Crippen molar-refractivity contribution in [3.63, 3.8) is 0 Å². The average Bonchev–Trinajstić information content (AvgIpc) is 2.61. The fraction of sp³-hybridized carbons (Fsp3) is 0.111. The molecule has 3 rings (SSSR count). The van der Waals surface area contributed by atoms with Gasteiger partial charge in [-0.05, 0) is 30.7 Å². The molecule has 1 aromatic heterocycles. The van der Waals surface area contributed by atoms with E-state index in [4.69, 9.17) is 11.6 Å². The Kier molecular flexibility index (Phi) is 4.73. The van der Waals surface area contributed by atoms with Gasteiger partial charge in [-0.1, -0.05) is 35.9 Å². The molecule has 0 saturated heterocycles. The van der Waals surface area contributed by atoms with Gasteiger partial charge in [0.2, 0.25) is 5.91 Å². The maximum atomic E-state index is 12.5. The Labute approximate surface area is 152 Å². The van der Waals surface area contributed by atoms with Crippen molar-refractivity contribution in [3.05, 3.63) is 69.1 Å². The van der Waals surface area contributed by atoms with Crippen LogP contribution < -0.4 is 10.9 Å². The van der Waals surface area contributed by atoms with E-state index in [9.17, 15) is 19.5 Å². The predicted octanol–water partition coefficient (Wildman–Crippen LogP) is 2.70. The minimum absolute atomic E-state index is 0.187. The lowest BCUT2D eigenvalue weighted by molar-refractivity contribution is -0.117. The highest BCUT2D eigenvalue weighted by atomic mass is 35.5. The molecule has 0 spiro atoms. The summed E-state index contributed by atoms with van der Waals surface area (Å²) in [5, 5.41) is 16.7. The van der Waals surface area contributed by atoms with Crippen LogP contribution in [0.15, 0.2) is 47.3 Å². The van der Waals surface area contributed by atoms with E-state index in [1.807, 2.05) is 0 Å². The molecule has 0 radical (unpaired) electrons. The van der Waals surface area contributed by atoms with Gasteiger partial charge in [-0.25, -0.2) is 9.48 Å². The first kappa shape index (κ1) is 17.6. The number of anilines is 1. The molecular weight excluding hydrogens is 358 g/mol. The number of rotatable bonds is 4. The highest BCUT2D eigenvalue weighted by molar-refractivity contribution is 6.31. The van der Waals surface area contributed by atoms with Gasteiger partial charge in [-0.3, -0.25) is 9.59 Å². The van der Waals surface area contributed by atoms with Gasteiger partial charge in [-0.15, -0.1) is 0 Å². The van der Waals surface area contributed by atoms with E-state index < -0.39 is 24.0 Å². The van der Waals surface area contributed by atoms with E-state index in [0.717, 1.165) is 4.68 Å². The monoisotopic (exact) mass is 371 g/mol. The third-order valence-electron chi connectivity index (χ3n) is 3.91. The van der Waals surface area contributed by atoms with Crippen LogP contribution in [0.25, 0.3) is 10.8 Å². The van der Waals surface area contributed by atoms with Gasteiger partial charge in [0.15, 0.2) is 5.69 Å². The quantitative estimate of drug-likeness (QED) is 0.734. The summed E-state index contributed by atoms with van der Waals surface area (Å²) >= 11 is 6.02. The Hall–Kier alpha value is -3.19. The standard InChI is InChI=1S/C18H14ClN3O4/c1-10-13(19)7-4-8-14(10)20-15(23)9-22-17(24)12-6-3-2-5-11(12)16(21-22)18(25)26/h2-8H,9H2,1H3,(H,20,23)(H,25,26). The molecular formula is C18H14ClN3O4. The number of halogens is 1. The van der Waals surface area contributed by atoms with Crippen molar-refractivity contribution in [1.82, 2.24) is 9.78 Å². The first-order valence-corrected chi connectivity index (χ1v) is 8.04. The van der Waals surface area contributed by atoms with Crippen LogP contribution in [0.2, 0.25) is 5.02 Å². The third-order valence-corrected chi connectivity index (χ3v) is 4.31. The number of fused-ring (bicyclic) bond motifs is 1. The molecule has 0 aliphatic heterocycles. The zero-order valence-electron chi connectivity index (χ0n) is 13.7. The molecule has 0 aliphatic carbocycles. The zero-order chi connectivity index (χ0) is 18.8. The van der Waals surface area contributed by atoms with Crippen molar-refractivity contribution >= 4 is 39.9 Å². The molecule has 3 aromatic rings. The smallest absolute Gasteiger partial charge is 0.357 e. The van der Waals surface area contributed by atoms with E-state index in [-0.39, 0.29) is 16.5 Å². The average molecular weight is 372 g/mol. The molecule has 1 amide bonds. The fourth-order valence-corrected chi connectivity index (χ4v) is 2.74. The van der Waals surface area contributed by atoms with Gasteiger partial charge in [0.25, 0.3) is 5.56 Å². The van der Waals surface area contributed by atoms with Gasteiger partial charge in [0, 0.05) is 16.1 Å². The summed E-state index contributed by atoms with van der Waals surface area (Å²) in [6.07, 6.45) is 0. The van der Waals surface area contributed by atoms with Crippen LogP contribution in [0.1, 0.15) is 16.1 Å². The van der Waals surface area contributed by atoms with E-state index in [0.29, 0.717) is 16.3 Å². The number of benzene rings is 2. The highest BCUT2D eigenvalue weighted by Gasteiger charge is 2.17. The molecule has 0 aliphatic rings. The topological polar surface area (TPSA) is 101 Å². The number of nitrogens with zero attached hydrogens (tertiary/aromatic N) is 2. The molecule has 0 bridgehead atoms. The number of hydrogen-bond acceptors (Lipinski definition) is 4. The van der Waals surface area contributed by atoms with Crippen LogP contribution in [0.4, 0.5) is 5.69 Å². The second-order valence-corrected chi connectivity index (χ2v) is 6.03. The zero-order valence-corrected chi connectivity index (χ0v) is 14.4. The Balaban J connectivity index is 1.97. The lowest BCUT2D eigenvalue weighted by Crippen LogP contribution is -2.31. The third kappa shape index (κ3) is 3.29. The summed E-state index contributed by atoms with van der Waals surface area (Å²) < 4.78 is 0.848. The summed E-state index contributed by atoms with van der Waals surface area (Å²) in [7, 11) is 0. The van der Waals surface area contributed by atoms with Gasteiger partial charge in [0.1, 0.15) is 6.54 Å². The van der Waals surface area contributed by atoms with Crippen LogP contribution in [0.3, 0.4) is 0 Å². The van der Waals surface area contributed by atoms with Crippen LogP contribution in [-0.2, 0) is 11.3 Å². The van der Waals surface area contributed by atoms with Crippen molar-refractivity contribution in [1.29, 1.82) is 0 Å². The van der Waals surface area contributed by atoms with Crippen LogP contribution in [-0.4, -0.2) is 26.8 Å². The van der Waals surface area contributed by atoms with Gasteiger partial charge in [-0.2, -0.15) is 5.10 Å². The predicted molar refractivity (Wildman–Crippen MR) is 97.8 cm³/mol. The lowest BCUT2D eigenvalue weighted by Gasteiger charge is -2.11. The molecule has 26 heavy (non-hydrogen) atoms. The van der Waals surface area contributed by atoms with Gasteiger partial charge in [0.05, 0.1) is 5.39 Å². The number of carbonyl (C=O) groups excluding carboxylic acids is 1. The number of aromatic nitrogens is 2. The molecule has 1 heterocycles. The molecule has 8 heteroatoms. The maximum Gasteiger partial charge on any atom is 0.357 e. The summed E-state index contributed by atoms with van der Waals surface area (Å²) in [6.45, 7) is 1.33. The molecule has 0 unspecified atom stereocenters. The summed E-state index contributed by atoms with van der Waals surface area (Å²) in [4.78, 5) is 36.3. The number of hydrogen-bond donors (Lipinski definition) is 2. The first-order valence-electron chi connectivity index (χ1n) is 7.66. The summed E-state index contributed by atoms with van der Waals surface area (Å²) in [5.41, 5.74) is 0.373. The number of nitrogens with one attached hydrogen (secondary N) is 1. The lowest BCUT2D eigenvalue weighted by atomic mass is 10.1. The van der Waals surface area contributed by atoms with Crippen molar-refractivity contribution in [2.24, 2.45) is 0 Å². The first-order chi connectivity index (χ1) is 12.4. The Morgan fingerprint density at radius 3 is 2.54 bits per heavy atom. The number of carbonyl (C=O) groups is 2. The highest BCUT2D eigenvalue weighted by Crippen LogP contribution is 2.22. The van der Waals surface area contributed by atoms with E-state index in [1.54, 1.807) is 37.3 Å². The van der Waals surface area contributed by atoms with E-state index in [2.05, 4.69) is 10.4 Å². The molecule has 2 aromatic carbocycles. The number of amides is 1. The molecule has 0 atom stereocenters. The SMILES string of the molecule is Cc1c(Cl)cccc1NC(=O)Cn1nc(C(=O)O)c2ccccc2c1=O. The van der Waals surface area contributed by atoms with Crippen molar-refractivity contribution in [2.45, 2.75) is 13.5 Å². The van der Waals surface area contributed by atoms with Crippen molar-refractivity contribution < 1.29 is 14.7 Å². The van der Waals surface area contributed by atoms with Crippen molar-refractivity contribution in [3.8, 4) is 0 Å². The largest absolute Gasteiger partial charge is 0.476 e. The Morgan fingerprint density at radius 1 is 1.15 bits per heavy atom. The summed E-state index contributed by atoms with van der Waals surface area (Å²) in [6, 6.07) is 11.3. The maximum absolute atomic E-state index is 12.5. The second-order valence-electron chi connectivity index (χ2n) is 5.62. The second kappa shape index (κ2) is 6.97. The molecule has 2 N–H and O–H groups in total. The number of aromatic carboxylic acids is 1. The van der Waals surface area contributed by atoms with Gasteiger partial charge >= 0.3 is 5.97 Å². The Morgan fingerprint density at radius 2 is 1.85 bits per heavy atom. The van der Waals surface area contributed by atoms with Crippen LogP contribution in [0, 0.1) is 6.92 Å². The summed E-state index contributed by atoms with van der Waals surface area (Å²) in [5.74, 6) is -1.79. The van der Waals surface area contributed by atoms with Crippen molar-refractivity contribution in [2.75, 3.05) is 5.32 Å². The molecule has 0 fully saturated rings. The molecule has 7 nitrogen and oxygen atoms in total. The number of carboxylic acid groups (broad SMARTS) is 1. The van der Waals surface area contributed by atoms with E-state index >= 15 is 0 Å². The fourth-order valence-electron chi connectivity index (χ4n) is 2.57. The number of carboxylic acids is 1. The Bertz CT molecular complexity index is 1090. The minimum atomic E-state index is -1.28. The van der Waals surface area contributed by atoms with Gasteiger partial charge < -0.3 is 10.4 Å². The van der Waals surface area contributed by atoms with Crippen LogP contribution in [0.5, 0.6) is 0 Å². The van der Waals surface area contributed by atoms with Crippen LogP contribution >= 0.6 is 11.6 Å². The normalized spacial score (nSPS) is 10.7.